The third-order valence-corrected chi connectivity index (χ3v) is 2.28. The molecule has 5 heteroatoms. The summed E-state index contributed by atoms with van der Waals surface area (Å²) in [4.78, 5) is 11.1. The van der Waals surface area contributed by atoms with Gasteiger partial charge in [-0.3, -0.25) is 9.48 Å². The Hall–Kier alpha value is -0.970. The van der Waals surface area contributed by atoms with Gasteiger partial charge >= 0.3 is 0 Å². The monoisotopic (exact) mass is 185 g/mol. The summed E-state index contributed by atoms with van der Waals surface area (Å²) in [6, 6.07) is 0. The van der Waals surface area contributed by atoms with Crippen molar-refractivity contribution in [1.29, 1.82) is 0 Å². The number of rotatable bonds is 2. The highest BCUT2D eigenvalue weighted by molar-refractivity contribution is 7.98. The van der Waals surface area contributed by atoms with E-state index in [2.05, 4.69) is 5.10 Å². The van der Waals surface area contributed by atoms with Gasteiger partial charge in [0, 0.05) is 7.05 Å². The first-order valence-corrected chi connectivity index (χ1v) is 4.67. The average Bonchev–Trinajstić information content (AvgIpc) is 2.28. The lowest BCUT2D eigenvalue weighted by Gasteiger charge is -1.94. The number of aryl methyl sites for hydroxylation is 1. The van der Waals surface area contributed by atoms with Crippen molar-refractivity contribution in [3.8, 4) is 0 Å². The Kier molecular flexibility index (Phi) is 2.42. The van der Waals surface area contributed by atoms with Gasteiger partial charge in [0.1, 0.15) is 10.8 Å². The van der Waals surface area contributed by atoms with Crippen molar-refractivity contribution in [1.82, 2.24) is 9.78 Å². The van der Waals surface area contributed by atoms with Crippen LogP contribution in [0.15, 0.2) is 5.03 Å². The molecule has 2 N–H and O–H groups in total. The first-order chi connectivity index (χ1) is 5.57. The van der Waals surface area contributed by atoms with Crippen LogP contribution in [-0.4, -0.2) is 21.8 Å². The minimum absolute atomic E-state index is 0.0371. The second kappa shape index (κ2) is 3.18. The summed E-state index contributed by atoms with van der Waals surface area (Å²) < 4.78 is 1.52. The van der Waals surface area contributed by atoms with Gasteiger partial charge in [0.15, 0.2) is 5.78 Å². The summed E-state index contributed by atoms with van der Waals surface area (Å²) in [6.45, 7) is 1.49. The lowest BCUT2D eigenvalue weighted by atomic mass is 10.2. The molecule has 0 unspecified atom stereocenters. The maximum Gasteiger partial charge on any atom is 0.166 e. The number of ketones is 1. The highest BCUT2D eigenvalue weighted by Gasteiger charge is 2.16. The number of hydrogen-bond acceptors (Lipinski definition) is 4. The molecule has 0 aliphatic heterocycles. The minimum atomic E-state index is -0.0371. The Labute approximate surface area is 75.1 Å². The van der Waals surface area contributed by atoms with Gasteiger partial charge < -0.3 is 5.73 Å². The largest absolute Gasteiger partial charge is 0.383 e. The van der Waals surface area contributed by atoms with Crippen molar-refractivity contribution >= 4 is 23.4 Å². The molecule has 1 rings (SSSR count). The fourth-order valence-corrected chi connectivity index (χ4v) is 1.64. The highest BCUT2D eigenvalue weighted by Crippen LogP contribution is 2.23. The SMILES string of the molecule is CSc1nn(C)c(N)c1C(C)=O. The molecule has 0 spiro atoms. The molecule has 1 aromatic rings. The molecule has 1 heterocycles. The zero-order chi connectivity index (χ0) is 9.30. The van der Waals surface area contributed by atoms with Crippen LogP contribution < -0.4 is 5.73 Å². The molecular formula is C7H11N3OS. The number of aromatic nitrogens is 2. The molecule has 12 heavy (non-hydrogen) atoms. The molecule has 0 saturated heterocycles. The van der Waals surface area contributed by atoms with E-state index in [-0.39, 0.29) is 5.78 Å². The third-order valence-electron chi connectivity index (χ3n) is 1.60. The Morgan fingerprint density at radius 1 is 1.67 bits per heavy atom. The molecular weight excluding hydrogens is 174 g/mol. The topological polar surface area (TPSA) is 60.9 Å². The van der Waals surface area contributed by atoms with Gasteiger partial charge in [-0.15, -0.1) is 11.8 Å². The van der Waals surface area contributed by atoms with Crippen LogP contribution in [0.2, 0.25) is 0 Å². The van der Waals surface area contributed by atoms with Crippen molar-refractivity contribution in [3.63, 3.8) is 0 Å². The summed E-state index contributed by atoms with van der Waals surface area (Å²) >= 11 is 1.43. The molecule has 0 aliphatic rings. The van der Waals surface area contributed by atoms with Gasteiger partial charge in [0.2, 0.25) is 0 Å². The van der Waals surface area contributed by atoms with Crippen LogP contribution in [0.3, 0.4) is 0 Å². The smallest absolute Gasteiger partial charge is 0.166 e. The predicted octanol–water partition coefficient (Wildman–Crippen LogP) is 0.927. The van der Waals surface area contributed by atoms with E-state index in [1.807, 2.05) is 6.26 Å². The number of anilines is 1. The molecule has 0 atom stereocenters. The molecule has 0 radical (unpaired) electrons. The highest BCUT2D eigenvalue weighted by atomic mass is 32.2. The lowest BCUT2D eigenvalue weighted by Crippen LogP contribution is -2.01. The van der Waals surface area contributed by atoms with Crippen LogP contribution in [0.25, 0.3) is 0 Å². The first kappa shape index (κ1) is 9.12. The van der Waals surface area contributed by atoms with E-state index in [0.29, 0.717) is 16.4 Å². The van der Waals surface area contributed by atoms with Crippen molar-refractivity contribution in [2.24, 2.45) is 7.05 Å². The van der Waals surface area contributed by atoms with Gasteiger partial charge in [-0.2, -0.15) is 5.10 Å². The Balaban J connectivity index is 3.31. The standard InChI is InChI=1S/C7H11N3OS/c1-4(11)5-6(8)10(2)9-7(5)12-3/h8H2,1-3H3. The summed E-state index contributed by atoms with van der Waals surface area (Å²) in [5, 5.41) is 4.78. The van der Waals surface area contributed by atoms with Crippen LogP contribution in [0.1, 0.15) is 17.3 Å². The molecule has 0 aliphatic carbocycles. The maximum atomic E-state index is 11.1. The fourth-order valence-electron chi connectivity index (χ4n) is 0.985. The third kappa shape index (κ3) is 1.32. The van der Waals surface area contributed by atoms with Crippen LogP contribution in [0.4, 0.5) is 5.82 Å². The van der Waals surface area contributed by atoms with Crippen LogP contribution in [0, 0.1) is 0 Å². The van der Waals surface area contributed by atoms with E-state index < -0.39 is 0 Å². The summed E-state index contributed by atoms with van der Waals surface area (Å²) in [5.74, 6) is 0.400. The van der Waals surface area contributed by atoms with Crippen molar-refractivity contribution < 1.29 is 4.79 Å². The summed E-state index contributed by atoms with van der Waals surface area (Å²) in [5.41, 5.74) is 6.18. The van der Waals surface area contributed by atoms with E-state index >= 15 is 0 Å². The zero-order valence-corrected chi connectivity index (χ0v) is 8.10. The summed E-state index contributed by atoms with van der Waals surface area (Å²) in [7, 11) is 1.72. The average molecular weight is 185 g/mol. The van der Waals surface area contributed by atoms with Crippen LogP contribution in [-0.2, 0) is 7.05 Å². The number of carbonyl (C=O) groups is 1. The number of Topliss-reactive ketones (excluding diaryl/α,β-unsaturated/α-hetero) is 1. The van der Waals surface area contributed by atoms with Gasteiger partial charge in [-0.25, -0.2) is 0 Å². The molecule has 0 saturated carbocycles. The summed E-state index contributed by atoms with van der Waals surface area (Å²) in [6.07, 6.45) is 1.87. The molecule has 0 aromatic carbocycles. The van der Waals surface area contributed by atoms with E-state index in [0.717, 1.165) is 0 Å². The number of nitrogens with two attached hydrogens (primary N) is 1. The Morgan fingerprint density at radius 2 is 2.25 bits per heavy atom. The molecule has 1 aromatic heterocycles. The Morgan fingerprint density at radius 3 is 2.58 bits per heavy atom. The second-order valence-corrected chi connectivity index (χ2v) is 3.24. The number of thioether (sulfide) groups is 1. The van der Waals surface area contributed by atoms with E-state index in [9.17, 15) is 4.79 Å². The molecule has 66 valence electrons. The molecule has 0 amide bonds. The fraction of sp³-hybridized carbons (Fsp3) is 0.429. The number of nitrogen functional groups attached to an aromatic ring is 1. The first-order valence-electron chi connectivity index (χ1n) is 3.45. The van der Waals surface area contributed by atoms with Gasteiger partial charge in [0.05, 0.1) is 5.56 Å². The van der Waals surface area contributed by atoms with E-state index in [4.69, 9.17) is 5.73 Å². The molecule has 4 nitrogen and oxygen atoms in total. The quantitative estimate of drug-likeness (QED) is 0.550. The molecule has 0 fully saturated rings. The predicted molar refractivity (Wildman–Crippen MR) is 49.4 cm³/mol. The van der Waals surface area contributed by atoms with Gasteiger partial charge in [0.25, 0.3) is 0 Å². The second-order valence-electron chi connectivity index (χ2n) is 2.45. The van der Waals surface area contributed by atoms with Crippen molar-refractivity contribution in [2.75, 3.05) is 12.0 Å². The lowest BCUT2D eigenvalue weighted by molar-refractivity contribution is 0.101. The van der Waals surface area contributed by atoms with Gasteiger partial charge in [-0.1, -0.05) is 0 Å². The number of hydrogen-bond donors (Lipinski definition) is 1. The van der Waals surface area contributed by atoms with Crippen molar-refractivity contribution in [3.05, 3.63) is 5.56 Å². The Bertz CT molecular complexity index is 319. The zero-order valence-electron chi connectivity index (χ0n) is 7.29. The minimum Gasteiger partial charge on any atom is -0.383 e. The van der Waals surface area contributed by atoms with Gasteiger partial charge in [-0.05, 0) is 13.2 Å². The number of carbonyl (C=O) groups excluding carboxylic acids is 1. The van der Waals surface area contributed by atoms with E-state index in [1.54, 1.807) is 7.05 Å². The molecule has 0 bridgehead atoms. The van der Waals surface area contributed by atoms with Crippen LogP contribution >= 0.6 is 11.8 Å². The van der Waals surface area contributed by atoms with E-state index in [1.165, 1.54) is 23.4 Å². The van der Waals surface area contributed by atoms with Crippen LogP contribution in [0.5, 0.6) is 0 Å². The maximum absolute atomic E-state index is 11.1. The van der Waals surface area contributed by atoms with Crippen molar-refractivity contribution in [2.45, 2.75) is 11.9 Å². The number of nitrogens with zero attached hydrogens (tertiary/aromatic N) is 2. The normalized spacial score (nSPS) is 10.2.